The first kappa shape index (κ1) is 12.6. The Hall–Kier alpha value is -1.42. The molecule has 0 aliphatic carbocycles. The van der Waals surface area contributed by atoms with Crippen molar-refractivity contribution >= 4 is 17.3 Å². The van der Waals surface area contributed by atoms with Crippen molar-refractivity contribution in [3.63, 3.8) is 0 Å². The third kappa shape index (κ3) is 4.89. The zero-order chi connectivity index (χ0) is 11.8. The zero-order valence-corrected chi connectivity index (χ0v) is 9.82. The minimum absolute atomic E-state index is 0.208. The molecule has 0 bridgehead atoms. The van der Waals surface area contributed by atoms with Crippen LogP contribution in [0.1, 0.15) is 5.56 Å². The number of hydrogen-bond donors (Lipinski definition) is 2. The van der Waals surface area contributed by atoms with E-state index in [0.717, 1.165) is 18.5 Å². The summed E-state index contributed by atoms with van der Waals surface area (Å²) >= 11 is 5.03. The van der Waals surface area contributed by atoms with Crippen molar-refractivity contribution in [2.45, 2.75) is 6.42 Å². The highest BCUT2D eigenvalue weighted by Crippen LogP contribution is 2.02. The second kappa shape index (κ2) is 6.95. The van der Waals surface area contributed by atoms with Crippen molar-refractivity contribution in [3.8, 4) is 0 Å². The van der Waals surface area contributed by atoms with Crippen molar-refractivity contribution in [3.05, 3.63) is 48.3 Å². The summed E-state index contributed by atoms with van der Waals surface area (Å²) in [6.45, 7) is 4.97. The van der Waals surface area contributed by atoms with Gasteiger partial charge in [0.2, 0.25) is 0 Å². The van der Waals surface area contributed by atoms with Crippen molar-refractivity contribution in [2.75, 3.05) is 13.1 Å². The van der Waals surface area contributed by atoms with Crippen molar-refractivity contribution in [2.24, 2.45) is 0 Å². The first-order valence-electron chi connectivity index (χ1n) is 5.09. The second-order valence-corrected chi connectivity index (χ2v) is 3.71. The smallest absolute Gasteiger partial charge is 0.166 e. The highest BCUT2D eigenvalue weighted by Gasteiger charge is 1.95. The van der Waals surface area contributed by atoms with Crippen molar-refractivity contribution in [1.82, 2.24) is 10.6 Å². The summed E-state index contributed by atoms with van der Waals surface area (Å²) in [6, 6.07) is 6.47. The SMILES string of the molecule is C=CCNC(=S)NCCc1ccc(F)cc1. The van der Waals surface area contributed by atoms with Gasteiger partial charge in [-0.2, -0.15) is 0 Å². The molecule has 0 spiro atoms. The van der Waals surface area contributed by atoms with Crippen LogP contribution in [0, 0.1) is 5.82 Å². The molecule has 0 aromatic heterocycles. The summed E-state index contributed by atoms with van der Waals surface area (Å²) in [5.74, 6) is -0.208. The monoisotopic (exact) mass is 238 g/mol. The Bertz CT molecular complexity index is 349. The van der Waals surface area contributed by atoms with E-state index >= 15 is 0 Å². The van der Waals surface area contributed by atoms with Gasteiger partial charge in [-0.15, -0.1) is 6.58 Å². The maximum Gasteiger partial charge on any atom is 0.166 e. The first-order valence-corrected chi connectivity index (χ1v) is 5.50. The molecule has 0 radical (unpaired) electrons. The quantitative estimate of drug-likeness (QED) is 0.606. The van der Waals surface area contributed by atoms with E-state index in [1.54, 1.807) is 18.2 Å². The summed E-state index contributed by atoms with van der Waals surface area (Å²) < 4.78 is 12.6. The van der Waals surface area contributed by atoms with Crippen LogP contribution in [-0.4, -0.2) is 18.2 Å². The van der Waals surface area contributed by atoms with Gasteiger partial charge < -0.3 is 10.6 Å². The lowest BCUT2D eigenvalue weighted by atomic mass is 10.1. The number of rotatable bonds is 5. The third-order valence-electron chi connectivity index (χ3n) is 2.02. The molecule has 0 heterocycles. The number of hydrogen-bond acceptors (Lipinski definition) is 1. The number of thiocarbonyl (C=S) groups is 1. The fraction of sp³-hybridized carbons (Fsp3) is 0.250. The van der Waals surface area contributed by atoms with Gasteiger partial charge in [0.25, 0.3) is 0 Å². The van der Waals surface area contributed by atoms with Gasteiger partial charge in [0.15, 0.2) is 5.11 Å². The molecule has 16 heavy (non-hydrogen) atoms. The molecule has 0 amide bonds. The van der Waals surface area contributed by atoms with Crippen LogP contribution in [0.3, 0.4) is 0 Å². The number of benzene rings is 1. The largest absolute Gasteiger partial charge is 0.362 e. The molecule has 0 saturated carbocycles. The second-order valence-electron chi connectivity index (χ2n) is 3.30. The van der Waals surface area contributed by atoms with Crippen LogP contribution in [0.5, 0.6) is 0 Å². The summed E-state index contributed by atoms with van der Waals surface area (Å²) in [7, 11) is 0. The Balaban J connectivity index is 2.22. The van der Waals surface area contributed by atoms with E-state index < -0.39 is 0 Å². The predicted molar refractivity (Wildman–Crippen MR) is 68.9 cm³/mol. The van der Waals surface area contributed by atoms with Gasteiger partial charge in [-0.05, 0) is 36.3 Å². The molecule has 86 valence electrons. The lowest BCUT2D eigenvalue weighted by Crippen LogP contribution is -2.36. The molecular weight excluding hydrogens is 223 g/mol. The molecule has 1 aromatic carbocycles. The Labute approximate surface area is 101 Å². The van der Waals surface area contributed by atoms with E-state index in [9.17, 15) is 4.39 Å². The molecule has 0 saturated heterocycles. The van der Waals surface area contributed by atoms with Crippen LogP contribution in [-0.2, 0) is 6.42 Å². The minimum Gasteiger partial charge on any atom is -0.362 e. The van der Waals surface area contributed by atoms with Crippen LogP contribution in [0.15, 0.2) is 36.9 Å². The standard InChI is InChI=1S/C12H15FN2S/c1-2-8-14-12(16)15-9-7-10-3-5-11(13)6-4-10/h2-6H,1,7-9H2,(H2,14,15,16). The molecule has 0 atom stereocenters. The topological polar surface area (TPSA) is 24.1 Å². The highest BCUT2D eigenvalue weighted by molar-refractivity contribution is 7.80. The Morgan fingerprint density at radius 2 is 2.00 bits per heavy atom. The molecule has 4 heteroatoms. The van der Waals surface area contributed by atoms with E-state index in [4.69, 9.17) is 12.2 Å². The molecular formula is C12H15FN2S. The molecule has 2 N–H and O–H groups in total. The number of nitrogens with one attached hydrogen (secondary N) is 2. The maximum atomic E-state index is 12.6. The van der Waals surface area contributed by atoms with Crippen LogP contribution in [0.25, 0.3) is 0 Å². The first-order chi connectivity index (χ1) is 7.72. The van der Waals surface area contributed by atoms with E-state index in [-0.39, 0.29) is 5.82 Å². The Morgan fingerprint density at radius 1 is 1.31 bits per heavy atom. The van der Waals surface area contributed by atoms with Crippen LogP contribution < -0.4 is 10.6 Å². The molecule has 0 unspecified atom stereocenters. The Morgan fingerprint density at radius 3 is 2.62 bits per heavy atom. The normalized spacial score (nSPS) is 9.56. The van der Waals surface area contributed by atoms with Crippen molar-refractivity contribution < 1.29 is 4.39 Å². The summed E-state index contributed by atoms with van der Waals surface area (Å²) in [6.07, 6.45) is 2.56. The maximum absolute atomic E-state index is 12.6. The molecule has 0 aliphatic rings. The van der Waals surface area contributed by atoms with E-state index in [1.165, 1.54) is 12.1 Å². The average Bonchev–Trinajstić information content (AvgIpc) is 2.29. The fourth-order valence-corrected chi connectivity index (χ4v) is 1.38. The molecule has 1 aromatic rings. The van der Waals surface area contributed by atoms with Gasteiger partial charge in [0, 0.05) is 13.1 Å². The summed E-state index contributed by atoms with van der Waals surface area (Å²) in [5.41, 5.74) is 1.08. The highest BCUT2D eigenvalue weighted by atomic mass is 32.1. The van der Waals surface area contributed by atoms with Crippen molar-refractivity contribution in [1.29, 1.82) is 0 Å². The molecule has 0 fully saturated rings. The Kier molecular flexibility index (Phi) is 5.50. The summed E-state index contributed by atoms with van der Waals surface area (Å²) in [4.78, 5) is 0. The van der Waals surface area contributed by atoms with Gasteiger partial charge in [-0.1, -0.05) is 18.2 Å². The van der Waals surface area contributed by atoms with Crippen LogP contribution in [0.2, 0.25) is 0 Å². The zero-order valence-electron chi connectivity index (χ0n) is 9.00. The summed E-state index contributed by atoms with van der Waals surface area (Å²) in [5, 5.41) is 6.64. The fourth-order valence-electron chi connectivity index (χ4n) is 1.20. The molecule has 1 rings (SSSR count). The van der Waals surface area contributed by atoms with E-state index in [2.05, 4.69) is 17.2 Å². The lowest BCUT2D eigenvalue weighted by Gasteiger charge is -2.08. The van der Waals surface area contributed by atoms with Crippen LogP contribution >= 0.6 is 12.2 Å². The minimum atomic E-state index is -0.208. The predicted octanol–water partition coefficient (Wildman–Crippen LogP) is 2.02. The van der Waals surface area contributed by atoms with E-state index in [1.807, 2.05) is 0 Å². The van der Waals surface area contributed by atoms with Crippen LogP contribution in [0.4, 0.5) is 4.39 Å². The van der Waals surface area contributed by atoms with Gasteiger partial charge >= 0.3 is 0 Å². The average molecular weight is 238 g/mol. The van der Waals surface area contributed by atoms with Gasteiger partial charge in [0.1, 0.15) is 5.82 Å². The van der Waals surface area contributed by atoms with Gasteiger partial charge in [0.05, 0.1) is 0 Å². The van der Waals surface area contributed by atoms with Gasteiger partial charge in [-0.25, -0.2) is 4.39 Å². The lowest BCUT2D eigenvalue weighted by molar-refractivity contribution is 0.627. The van der Waals surface area contributed by atoms with Gasteiger partial charge in [-0.3, -0.25) is 0 Å². The number of halogens is 1. The molecule has 2 nitrogen and oxygen atoms in total. The van der Waals surface area contributed by atoms with E-state index in [0.29, 0.717) is 11.7 Å². The molecule has 0 aliphatic heterocycles. The third-order valence-corrected chi connectivity index (χ3v) is 2.31.